The highest BCUT2D eigenvalue weighted by Crippen LogP contribution is 2.47. The van der Waals surface area contributed by atoms with E-state index in [1.807, 2.05) is 0 Å². The molecule has 0 bridgehead atoms. The summed E-state index contributed by atoms with van der Waals surface area (Å²) in [6.45, 7) is 2.14. The number of anilines is 2. The number of aromatic nitrogens is 4. The lowest BCUT2D eigenvalue weighted by atomic mass is 9.96. The number of nitrogens with one attached hydrogen (secondary N) is 2. The first-order valence-electron chi connectivity index (χ1n) is 12.7. The molecule has 1 saturated heterocycles. The van der Waals surface area contributed by atoms with Gasteiger partial charge in [-0.3, -0.25) is 18.9 Å². The fourth-order valence-electron chi connectivity index (χ4n) is 4.34. The van der Waals surface area contributed by atoms with Crippen molar-refractivity contribution in [3.05, 3.63) is 36.7 Å². The number of imidazole rings is 1. The number of carbonyl (C=O) groups is 1. The van der Waals surface area contributed by atoms with E-state index in [1.54, 1.807) is 18.2 Å². The maximum Gasteiger partial charge on any atom is 0.459 e. The molecule has 0 amide bonds. The normalized spacial score (nSPS) is 24.4. The molecule has 6 atom stereocenters. The number of aliphatic hydroxyl groups excluding tert-OH is 1. The van der Waals surface area contributed by atoms with Crippen molar-refractivity contribution in [1.29, 1.82) is 0 Å². The first-order valence-corrected chi connectivity index (χ1v) is 16.1. The van der Waals surface area contributed by atoms with Gasteiger partial charge in [-0.05, 0) is 26.0 Å². The molecule has 2 unspecified atom stereocenters. The molecule has 3 heterocycles. The lowest BCUT2D eigenvalue weighted by Crippen LogP contribution is -2.44. The Morgan fingerprint density at radius 1 is 1.33 bits per heavy atom. The van der Waals surface area contributed by atoms with Gasteiger partial charge in [-0.2, -0.15) is 15.1 Å². The molecule has 1 aliphatic rings. The number of hydrogen-bond donors (Lipinski definition) is 5. The minimum absolute atomic E-state index is 0.00884. The first-order chi connectivity index (χ1) is 20.0. The third kappa shape index (κ3) is 7.22. The van der Waals surface area contributed by atoms with Crippen LogP contribution < -0.4 is 25.2 Å². The molecule has 4 rings (SSSR count). The van der Waals surface area contributed by atoms with Crippen molar-refractivity contribution < 1.29 is 46.5 Å². The second kappa shape index (κ2) is 12.3. The number of benzene rings is 1. The van der Waals surface area contributed by atoms with Gasteiger partial charge in [0.1, 0.15) is 29.6 Å². The number of ether oxygens (including phenoxy) is 2. The molecule has 43 heavy (non-hydrogen) atoms. The Hall–Kier alpha value is -3.42. The van der Waals surface area contributed by atoms with Crippen LogP contribution in [0, 0.1) is 0 Å². The number of nitrogen functional groups attached to an aromatic ring is 1. The zero-order valence-corrected chi connectivity index (χ0v) is 25.5. The van der Waals surface area contributed by atoms with Crippen LogP contribution in [0.4, 0.5) is 11.8 Å². The topological polar surface area (TPSA) is 243 Å². The highest BCUT2D eigenvalue weighted by atomic mass is 32.2. The minimum atomic E-state index is -4.29. The van der Waals surface area contributed by atoms with E-state index in [2.05, 4.69) is 29.6 Å². The molecule has 3 aromatic rings. The maximum absolute atomic E-state index is 13.7. The summed E-state index contributed by atoms with van der Waals surface area (Å²) >= 11 is 0. The van der Waals surface area contributed by atoms with Crippen molar-refractivity contribution in [2.75, 3.05) is 37.8 Å². The summed E-state index contributed by atoms with van der Waals surface area (Å²) in [4.78, 5) is 26.7. The second-order valence-corrected chi connectivity index (χ2v) is 13.3. The van der Waals surface area contributed by atoms with E-state index in [1.165, 1.54) is 43.9 Å². The lowest BCUT2D eigenvalue weighted by molar-refractivity contribution is -0.142. The zero-order chi connectivity index (χ0) is 31.7. The van der Waals surface area contributed by atoms with Gasteiger partial charge in [0.2, 0.25) is 16.0 Å². The fraction of sp³-hybridized carbons (Fsp3) is 0.478. The number of carbonyl (C=O) groups excluding carboxylic acids is 1. The Balaban J connectivity index is 1.60. The Morgan fingerprint density at radius 2 is 2.00 bits per heavy atom. The quantitative estimate of drug-likeness (QED) is 0.0963. The van der Waals surface area contributed by atoms with Crippen LogP contribution in [0.3, 0.4) is 0 Å². The number of fused-ring (bicyclic) bond motifs is 1. The van der Waals surface area contributed by atoms with Crippen LogP contribution in [0.15, 0.2) is 36.7 Å². The van der Waals surface area contributed by atoms with Crippen LogP contribution in [-0.2, 0) is 33.4 Å². The van der Waals surface area contributed by atoms with Crippen molar-refractivity contribution in [2.24, 2.45) is 0 Å². The van der Waals surface area contributed by atoms with Crippen LogP contribution in [0.5, 0.6) is 5.75 Å². The van der Waals surface area contributed by atoms with Crippen molar-refractivity contribution in [1.82, 2.24) is 29.4 Å². The van der Waals surface area contributed by atoms with E-state index in [0.717, 1.165) is 18.4 Å². The molecule has 0 saturated carbocycles. The largest absolute Gasteiger partial charge is 0.468 e. The van der Waals surface area contributed by atoms with Crippen LogP contribution in [-0.4, -0.2) is 95.0 Å². The number of para-hydroxylation sites is 1. The molecule has 1 aliphatic heterocycles. The van der Waals surface area contributed by atoms with E-state index in [9.17, 15) is 28.0 Å². The Bertz CT molecular complexity index is 1620. The van der Waals surface area contributed by atoms with Crippen LogP contribution >= 0.6 is 7.75 Å². The SMILES string of the molecule is COC(=O)C(C)NP(=O)(OC[C@H]1O[C@@H](n2cnc3c(N(C)NS(C)(=O)=O)nc(N)nc32)[C@](C)(O)[C@@H]1O)Oc1ccccc1. The lowest BCUT2D eigenvalue weighted by Gasteiger charge is -2.27. The van der Waals surface area contributed by atoms with Crippen LogP contribution in [0.25, 0.3) is 11.2 Å². The van der Waals surface area contributed by atoms with Gasteiger partial charge in [-0.25, -0.2) is 18.0 Å². The van der Waals surface area contributed by atoms with E-state index in [4.69, 9.17) is 19.5 Å². The molecule has 6 N–H and O–H groups in total. The van der Waals surface area contributed by atoms with Gasteiger partial charge in [0, 0.05) is 7.05 Å². The highest BCUT2D eigenvalue weighted by molar-refractivity contribution is 7.88. The number of sulfonamides is 1. The van der Waals surface area contributed by atoms with Crippen molar-refractivity contribution in [3.8, 4) is 5.75 Å². The van der Waals surface area contributed by atoms with E-state index in [0.29, 0.717) is 0 Å². The Morgan fingerprint density at radius 3 is 2.63 bits per heavy atom. The van der Waals surface area contributed by atoms with Gasteiger partial charge in [-0.15, -0.1) is 4.83 Å². The first kappa shape index (κ1) is 32.5. The van der Waals surface area contributed by atoms with E-state index >= 15 is 0 Å². The summed E-state index contributed by atoms with van der Waals surface area (Å²) in [5.41, 5.74) is 4.05. The third-order valence-electron chi connectivity index (χ3n) is 6.33. The molecule has 18 nitrogen and oxygen atoms in total. The van der Waals surface area contributed by atoms with Gasteiger partial charge in [0.05, 0.1) is 26.3 Å². The molecule has 0 aliphatic carbocycles. The summed E-state index contributed by atoms with van der Waals surface area (Å²) in [5.74, 6) is -0.795. The van der Waals surface area contributed by atoms with Gasteiger partial charge >= 0.3 is 13.7 Å². The second-order valence-electron chi connectivity index (χ2n) is 9.92. The molecule has 1 fully saturated rings. The van der Waals surface area contributed by atoms with E-state index < -0.39 is 60.4 Å². The summed E-state index contributed by atoms with van der Waals surface area (Å²) < 4.78 is 60.3. The molecule has 0 spiro atoms. The number of aliphatic hydroxyl groups is 2. The summed E-state index contributed by atoms with van der Waals surface area (Å²) in [5, 5.41) is 25.9. The van der Waals surface area contributed by atoms with Crippen molar-refractivity contribution in [3.63, 3.8) is 0 Å². The van der Waals surface area contributed by atoms with Gasteiger partial charge < -0.3 is 29.9 Å². The van der Waals surface area contributed by atoms with Gasteiger partial charge in [-0.1, -0.05) is 18.2 Å². The predicted octanol–water partition coefficient (Wildman–Crippen LogP) is -0.327. The fourth-order valence-corrected chi connectivity index (χ4v) is 6.43. The number of nitrogens with two attached hydrogens (primary N) is 1. The molecular formula is C23H33N8O10PS. The summed E-state index contributed by atoms with van der Waals surface area (Å²) in [7, 11) is -5.43. The average molecular weight is 645 g/mol. The minimum Gasteiger partial charge on any atom is -0.468 e. The molecule has 0 radical (unpaired) electrons. The molecule has 2 aromatic heterocycles. The average Bonchev–Trinajstić information content (AvgIpc) is 3.43. The number of hydrazine groups is 1. The summed E-state index contributed by atoms with van der Waals surface area (Å²) in [6.07, 6.45) is -1.99. The molecule has 1 aromatic carbocycles. The van der Waals surface area contributed by atoms with Crippen LogP contribution in [0.1, 0.15) is 20.1 Å². The number of methoxy groups -OCH3 is 1. The van der Waals surface area contributed by atoms with Crippen molar-refractivity contribution in [2.45, 2.75) is 43.9 Å². The maximum atomic E-state index is 13.7. The smallest absolute Gasteiger partial charge is 0.459 e. The molecule has 236 valence electrons. The van der Waals surface area contributed by atoms with Gasteiger partial charge in [0.25, 0.3) is 0 Å². The number of hydrogen-bond acceptors (Lipinski definition) is 15. The van der Waals surface area contributed by atoms with Crippen molar-refractivity contribution >= 4 is 46.7 Å². The zero-order valence-electron chi connectivity index (χ0n) is 23.8. The number of nitrogens with zero attached hydrogens (tertiary/aromatic N) is 5. The van der Waals surface area contributed by atoms with E-state index in [-0.39, 0.29) is 28.7 Å². The summed E-state index contributed by atoms with van der Waals surface area (Å²) in [6, 6.07) is 6.95. The van der Waals surface area contributed by atoms with Crippen LogP contribution in [0.2, 0.25) is 0 Å². The highest BCUT2D eigenvalue weighted by Gasteiger charge is 2.54. The number of rotatable bonds is 12. The molecule has 20 heteroatoms. The Labute approximate surface area is 246 Å². The third-order valence-corrected chi connectivity index (χ3v) is 8.58. The predicted molar refractivity (Wildman–Crippen MR) is 152 cm³/mol. The monoisotopic (exact) mass is 644 g/mol. The molecular weight excluding hydrogens is 611 g/mol. The Kier molecular flexibility index (Phi) is 9.29. The number of esters is 1. The van der Waals surface area contributed by atoms with Gasteiger partial charge in [0.15, 0.2) is 23.2 Å². The standard InChI is InChI=1S/C23H33N8O10PS/c1-13(20(33)38-4)28-42(35,41-14-9-7-6-8-10-14)39-11-15-17(32)23(2,34)21(40-15)31-12-25-16-18(26-22(24)27-19(16)31)30(3)29-43(5,36)37/h6-10,12-13,15,17,21,29,32,34H,11H2,1-5H3,(H,28,35)(H2,24,26,27)/t13?,15-,17-,21-,23-,42?/m1/s1.